The second-order valence-corrected chi connectivity index (χ2v) is 6.92. The number of rotatable bonds is 6. The summed E-state index contributed by atoms with van der Waals surface area (Å²) in [6.07, 6.45) is 0. The van der Waals surface area contributed by atoms with Crippen LogP contribution in [0, 0.1) is 0 Å². The lowest BCUT2D eigenvalue weighted by Gasteiger charge is -2.29. The summed E-state index contributed by atoms with van der Waals surface area (Å²) in [5, 5.41) is 8.69. The van der Waals surface area contributed by atoms with Gasteiger partial charge in [0, 0.05) is 10.7 Å². The summed E-state index contributed by atoms with van der Waals surface area (Å²) in [5.74, 6) is 1.07. The number of benzene rings is 2. The van der Waals surface area contributed by atoms with Crippen molar-refractivity contribution >= 4 is 29.2 Å². The monoisotopic (exact) mass is 431 g/mol. The predicted octanol–water partition coefficient (Wildman–Crippen LogP) is 3.63. The second kappa shape index (κ2) is 8.96. The topological polar surface area (TPSA) is 97.9 Å². The maximum atomic E-state index is 13.2. The van der Waals surface area contributed by atoms with E-state index in [0.29, 0.717) is 44.8 Å². The summed E-state index contributed by atoms with van der Waals surface area (Å²) in [6, 6.07) is 8.99. The number of ether oxygens (including phenoxy) is 3. The van der Waals surface area contributed by atoms with Crippen molar-refractivity contribution in [3.8, 4) is 17.2 Å². The number of urea groups is 1. The smallest absolute Gasteiger partial charge is 0.319 e. The summed E-state index contributed by atoms with van der Waals surface area (Å²) in [5.41, 5.74) is 1.84. The number of nitrogens with one attached hydrogen (secondary N) is 3. The minimum absolute atomic E-state index is 0.337. The Kier molecular flexibility index (Phi) is 6.37. The summed E-state index contributed by atoms with van der Waals surface area (Å²) in [4.78, 5) is 25.3. The van der Waals surface area contributed by atoms with Gasteiger partial charge in [-0.25, -0.2) is 4.79 Å². The van der Waals surface area contributed by atoms with Gasteiger partial charge in [0.2, 0.25) is 0 Å². The molecule has 0 radical (unpaired) electrons. The van der Waals surface area contributed by atoms with E-state index in [1.54, 1.807) is 43.3 Å². The molecule has 8 nitrogen and oxygen atoms in total. The van der Waals surface area contributed by atoms with Gasteiger partial charge in [-0.3, -0.25) is 4.79 Å². The van der Waals surface area contributed by atoms with Crippen LogP contribution in [0.15, 0.2) is 47.7 Å². The van der Waals surface area contributed by atoms with Crippen LogP contribution in [0.4, 0.5) is 10.5 Å². The third kappa shape index (κ3) is 4.28. The third-order valence-electron chi connectivity index (χ3n) is 4.66. The fourth-order valence-corrected chi connectivity index (χ4v) is 3.42. The van der Waals surface area contributed by atoms with Crippen LogP contribution in [0.2, 0.25) is 5.02 Å². The number of hydrogen-bond acceptors (Lipinski definition) is 5. The molecule has 3 N–H and O–H groups in total. The molecular weight excluding hydrogens is 410 g/mol. The molecule has 158 valence electrons. The molecule has 0 fully saturated rings. The molecule has 3 amide bonds. The van der Waals surface area contributed by atoms with E-state index in [-0.39, 0.29) is 0 Å². The normalized spacial score (nSPS) is 15.8. The van der Waals surface area contributed by atoms with Gasteiger partial charge >= 0.3 is 6.03 Å². The molecule has 0 aliphatic carbocycles. The van der Waals surface area contributed by atoms with E-state index < -0.39 is 18.0 Å². The summed E-state index contributed by atoms with van der Waals surface area (Å²) in [6.45, 7) is 1.66. The van der Waals surface area contributed by atoms with E-state index in [0.717, 1.165) is 0 Å². The van der Waals surface area contributed by atoms with E-state index >= 15 is 0 Å². The minimum atomic E-state index is -0.705. The third-order valence-corrected chi connectivity index (χ3v) is 4.90. The number of amides is 3. The number of carbonyl (C=O) groups excluding carboxylic acids is 2. The summed E-state index contributed by atoms with van der Waals surface area (Å²) >= 11 is 6.06. The Morgan fingerprint density at radius 2 is 1.67 bits per heavy atom. The highest BCUT2D eigenvalue weighted by molar-refractivity contribution is 6.31. The van der Waals surface area contributed by atoms with Crippen molar-refractivity contribution in [2.24, 2.45) is 0 Å². The number of carbonyl (C=O) groups is 2. The highest BCUT2D eigenvalue weighted by atomic mass is 35.5. The van der Waals surface area contributed by atoms with Gasteiger partial charge in [0.05, 0.1) is 38.6 Å². The summed E-state index contributed by atoms with van der Waals surface area (Å²) in [7, 11) is 4.55. The van der Waals surface area contributed by atoms with Gasteiger partial charge in [-0.05, 0) is 42.8 Å². The van der Waals surface area contributed by atoms with Gasteiger partial charge in [-0.2, -0.15) is 0 Å². The van der Waals surface area contributed by atoms with Crippen molar-refractivity contribution in [3.63, 3.8) is 0 Å². The van der Waals surface area contributed by atoms with Crippen LogP contribution in [-0.2, 0) is 4.79 Å². The Morgan fingerprint density at radius 3 is 2.33 bits per heavy atom. The molecule has 1 aliphatic heterocycles. The lowest BCUT2D eigenvalue weighted by molar-refractivity contribution is -0.113. The minimum Gasteiger partial charge on any atom is -0.495 e. The van der Waals surface area contributed by atoms with E-state index in [1.165, 1.54) is 21.3 Å². The van der Waals surface area contributed by atoms with Crippen molar-refractivity contribution in [2.75, 3.05) is 26.6 Å². The van der Waals surface area contributed by atoms with Crippen LogP contribution in [0.1, 0.15) is 18.5 Å². The predicted molar refractivity (Wildman–Crippen MR) is 113 cm³/mol. The van der Waals surface area contributed by atoms with Crippen LogP contribution in [0.25, 0.3) is 0 Å². The highest BCUT2D eigenvalue weighted by Gasteiger charge is 2.32. The van der Waals surface area contributed by atoms with Crippen LogP contribution in [0.5, 0.6) is 17.2 Å². The molecule has 1 aliphatic rings. The maximum Gasteiger partial charge on any atom is 0.319 e. The molecule has 2 aromatic rings. The van der Waals surface area contributed by atoms with Crippen LogP contribution < -0.4 is 30.2 Å². The zero-order valence-corrected chi connectivity index (χ0v) is 17.7. The van der Waals surface area contributed by atoms with Gasteiger partial charge in [-0.1, -0.05) is 17.7 Å². The van der Waals surface area contributed by atoms with Crippen molar-refractivity contribution < 1.29 is 23.8 Å². The van der Waals surface area contributed by atoms with Gasteiger partial charge in [0.25, 0.3) is 5.91 Å². The largest absolute Gasteiger partial charge is 0.495 e. The van der Waals surface area contributed by atoms with E-state index in [9.17, 15) is 9.59 Å². The lowest BCUT2D eigenvalue weighted by atomic mass is 9.94. The molecule has 0 aromatic heterocycles. The molecule has 2 aromatic carbocycles. The quantitative estimate of drug-likeness (QED) is 0.648. The Balaban J connectivity index is 2.00. The molecule has 1 heterocycles. The second-order valence-electron chi connectivity index (χ2n) is 6.48. The number of hydrogen-bond donors (Lipinski definition) is 3. The molecule has 1 unspecified atom stereocenters. The van der Waals surface area contributed by atoms with Crippen LogP contribution in [0.3, 0.4) is 0 Å². The molecule has 3 rings (SSSR count). The van der Waals surface area contributed by atoms with Gasteiger partial charge < -0.3 is 30.2 Å². The zero-order chi connectivity index (χ0) is 21.8. The fraction of sp³-hybridized carbons (Fsp3) is 0.238. The molecule has 0 bridgehead atoms. The van der Waals surface area contributed by atoms with Gasteiger partial charge in [-0.15, -0.1) is 0 Å². The van der Waals surface area contributed by atoms with Crippen molar-refractivity contribution in [1.82, 2.24) is 10.6 Å². The number of allylic oxidation sites excluding steroid dienone is 1. The van der Waals surface area contributed by atoms with Crippen molar-refractivity contribution in [3.05, 3.63) is 58.3 Å². The van der Waals surface area contributed by atoms with E-state index in [4.69, 9.17) is 25.8 Å². The molecule has 0 spiro atoms. The first kappa shape index (κ1) is 21.3. The standard InChI is InChI=1S/C21H22ClN3O5/c1-11-18(20(26)24-14-10-13(22)6-8-15(14)28-2)19(25-21(27)23-11)12-5-7-16(29-3)17(9-12)30-4/h5-10,19H,1-4H3,(H,24,26)(H2,23,25,27). The molecule has 30 heavy (non-hydrogen) atoms. The Morgan fingerprint density at radius 1 is 1.00 bits per heavy atom. The highest BCUT2D eigenvalue weighted by Crippen LogP contribution is 2.35. The Bertz CT molecular complexity index is 1020. The fourth-order valence-electron chi connectivity index (χ4n) is 3.24. The lowest BCUT2D eigenvalue weighted by Crippen LogP contribution is -2.46. The Hall–Kier alpha value is -3.39. The first-order chi connectivity index (χ1) is 14.4. The first-order valence-corrected chi connectivity index (χ1v) is 9.40. The first-order valence-electron chi connectivity index (χ1n) is 9.03. The van der Waals surface area contributed by atoms with Crippen LogP contribution >= 0.6 is 11.6 Å². The molecule has 0 saturated carbocycles. The number of halogens is 1. The maximum absolute atomic E-state index is 13.2. The SMILES string of the molecule is COc1ccc(Cl)cc1NC(=O)C1=C(C)NC(=O)NC1c1ccc(OC)c(OC)c1. The van der Waals surface area contributed by atoms with Gasteiger partial charge in [0.1, 0.15) is 5.75 Å². The number of methoxy groups -OCH3 is 3. The average Bonchev–Trinajstić information content (AvgIpc) is 2.72. The van der Waals surface area contributed by atoms with Gasteiger partial charge in [0.15, 0.2) is 11.5 Å². The van der Waals surface area contributed by atoms with Crippen molar-refractivity contribution in [2.45, 2.75) is 13.0 Å². The zero-order valence-electron chi connectivity index (χ0n) is 17.0. The Labute approximate surface area is 179 Å². The average molecular weight is 432 g/mol. The summed E-state index contributed by atoms with van der Waals surface area (Å²) < 4.78 is 15.9. The molecular formula is C21H22ClN3O5. The van der Waals surface area contributed by atoms with E-state index in [1.807, 2.05) is 0 Å². The number of anilines is 1. The van der Waals surface area contributed by atoms with Crippen LogP contribution in [-0.4, -0.2) is 33.3 Å². The molecule has 0 saturated heterocycles. The molecule has 1 atom stereocenters. The van der Waals surface area contributed by atoms with Crippen molar-refractivity contribution in [1.29, 1.82) is 0 Å². The molecule has 9 heteroatoms. The van der Waals surface area contributed by atoms with E-state index in [2.05, 4.69) is 16.0 Å².